The normalized spacial score (nSPS) is 21.2. The Morgan fingerprint density at radius 3 is 2.50 bits per heavy atom. The molecule has 0 bridgehead atoms. The molecule has 1 rings (SSSR count). The molecule has 94 valence electrons. The van der Waals surface area contributed by atoms with Crippen LogP contribution in [0, 0.1) is 5.92 Å². The fourth-order valence-corrected chi connectivity index (χ4v) is 2.14. The van der Waals surface area contributed by atoms with E-state index in [2.05, 4.69) is 26.1 Å². The summed E-state index contributed by atoms with van der Waals surface area (Å²) in [5.74, 6) is 0.451. The Bertz CT molecular complexity index is 238. The van der Waals surface area contributed by atoms with Crippen molar-refractivity contribution in [2.24, 2.45) is 5.92 Å². The van der Waals surface area contributed by atoms with E-state index in [1.807, 2.05) is 0 Å². The predicted molar refractivity (Wildman–Crippen MR) is 65.3 cm³/mol. The third-order valence-corrected chi connectivity index (χ3v) is 3.63. The van der Waals surface area contributed by atoms with E-state index < -0.39 is 5.54 Å². The summed E-state index contributed by atoms with van der Waals surface area (Å²) in [6.07, 6.45) is 5.17. The first kappa shape index (κ1) is 13.5. The molecule has 0 saturated heterocycles. The van der Waals surface area contributed by atoms with E-state index in [1.54, 1.807) is 0 Å². The highest BCUT2D eigenvalue weighted by Gasteiger charge is 2.42. The quantitative estimate of drug-likeness (QED) is 0.679. The van der Waals surface area contributed by atoms with Gasteiger partial charge in [0.1, 0.15) is 5.54 Å². The number of hydrogen-bond acceptors (Lipinski definition) is 3. The molecule has 0 radical (unpaired) electrons. The largest absolute Gasteiger partial charge is 0.468 e. The molecule has 2 atom stereocenters. The maximum Gasteiger partial charge on any atom is 0.326 e. The van der Waals surface area contributed by atoms with Crippen LogP contribution in [-0.4, -0.2) is 24.7 Å². The smallest absolute Gasteiger partial charge is 0.326 e. The van der Waals surface area contributed by atoms with Crippen molar-refractivity contribution in [3.05, 3.63) is 0 Å². The molecule has 0 aliphatic heterocycles. The Hall–Kier alpha value is -0.570. The van der Waals surface area contributed by atoms with Gasteiger partial charge in [-0.1, -0.05) is 27.2 Å². The van der Waals surface area contributed by atoms with E-state index in [4.69, 9.17) is 4.74 Å². The van der Waals surface area contributed by atoms with Crippen LogP contribution in [0.15, 0.2) is 0 Å². The van der Waals surface area contributed by atoms with E-state index >= 15 is 0 Å². The van der Waals surface area contributed by atoms with Crippen LogP contribution in [0.25, 0.3) is 0 Å². The molecule has 3 heteroatoms. The second-order valence-corrected chi connectivity index (χ2v) is 5.06. The van der Waals surface area contributed by atoms with Gasteiger partial charge in [0.05, 0.1) is 7.11 Å². The lowest BCUT2D eigenvalue weighted by atomic mass is 9.84. The van der Waals surface area contributed by atoms with Crippen LogP contribution in [0.2, 0.25) is 0 Å². The van der Waals surface area contributed by atoms with Gasteiger partial charge in [-0.2, -0.15) is 0 Å². The summed E-state index contributed by atoms with van der Waals surface area (Å²) < 4.78 is 4.98. The van der Waals surface area contributed by atoms with Gasteiger partial charge in [0.15, 0.2) is 0 Å². The van der Waals surface area contributed by atoms with Crippen molar-refractivity contribution in [2.75, 3.05) is 7.11 Å². The zero-order valence-corrected chi connectivity index (χ0v) is 11.0. The molecule has 2 unspecified atom stereocenters. The molecular weight excluding hydrogens is 202 g/mol. The average Bonchev–Trinajstić information content (AvgIpc) is 3.10. The van der Waals surface area contributed by atoms with E-state index in [0.717, 1.165) is 19.3 Å². The molecule has 1 N–H and O–H groups in total. The van der Waals surface area contributed by atoms with Crippen LogP contribution >= 0.6 is 0 Å². The summed E-state index contributed by atoms with van der Waals surface area (Å²) >= 11 is 0. The third kappa shape index (κ3) is 3.21. The minimum absolute atomic E-state index is 0.0952. The first-order chi connectivity index (χ1) is 7.57. The second kappa shape index (κ2) is 5.67. The molecule has 0 aromatic rings. The van der Waals surface area contributed by atoms with E-state index in [0.29, 0.717) is 12.0 Å². The summed E-state index contributed by atoms with van der Waals surface area (Å²) in [5.41, 5.74) is -0.453. The first-order valence-electron chi connectivity index (χ1n) is 6.44. The molecule has 0 spiro atoms. The Morgan fingerprint density at radius 2 is 2.12 bits per heavy atom. The number of methoxy groups -OCH3 is 1. The van der Waals surface area contributed by atoms with Gasteiger partial charge in [0.2, 0.25) is 0 Å². The summed E-state index contributed by atoms with van der Waals surface area (Å²) in [6, 6.07) is 0.531. The molecule has 0 aromatic carbocycles. The highest BCUT2D eigenvalue weighted by atomic mass is 16.5. The van der Waals surface area contributed by atoms with Crippen molar-refractivity contribution in [2.45, 2.75) is 64.5 Å². The molecule has 16 heavy (non-hydrogen) atoms. The number of hydrogen-bond donors (Lipinski definition) is 1. The van der Waals surface area contributed by atoms with E-state index in [9.17, 15) is 4.79 Å². The molecule has 3 nitrogen and oxygen atoms in total. The van der Waals surface area contributed by atoms with Crippen molar-refractivity contribution >= 4 is 5.97 Å². The lowest BCUT2D eigenvalue weighted by Crippen LogP contribution is -2.54. The summed E-state index contributed by atoms with van der Waals surface area (Å²) in [6.45, 7) is 6.43. The topological polar surface area (TPSA) is 38.3 Å². The SMILES string of the molecule is CCC(C)CC(CC)(NC1CC1)C(=O)OC. The van der Waals surface area contributed by atoms with Crippen LogP contribution in [0.4, 0.5) is 0 Å². The van der Waals surface area contributed by atoms with Crippen LogP contribution in [0.1, 0.15) is 52.9 Å². The predicted octanol–water partition coefficient (Wildman–Crippen LogP) is 2.50. The lowest BCUT2D eigenvalue weighted by molar-refractivity contribution is -0.149. The number of nitrogens with one attached hydrogen (secondary N) is 1. The zero-order chi connectivity index (χ0) is 12.2. The summed E-state index contributed by atoms with van der Waals surface area (Å²) in [7, 11) is 1.48. The summed E-state index contributed by atoms with van der Waals surface area (Å²) in [4.78, 5) is 12.0. The van der Waals surface area contributed by atoms with Gasteiger partial charge in [-0.25, -0.2) is 0 Å². The number of carbonyl (C=O) groups is 1. The maximum absolute atomic E-state index is 12.0. The molecular formula is C13H25NO2. The third-order valence-electron chi connectivity index (χ3n) is 3.63. The first-order valence-corrected chi connectivity index (χ1v) is 6.44. The van der Waals surface area contributed by atoms with Gasteiger partial charge in [-0.05, 0) is 31.6 Å². The molecule has 0 aromatic heterocycles. The minimum atomic E-state index is -0.453. The molecule has 1 fully saturated rings. The Balaban J connectivity index is 2.73. The molecule has 0 amide bonds. The van der Waals surface area contributed by atoms with E-state index in [-0.39, 0.29) is 5.97 Å². The van der Waals surface area contributed by atoms with Crippen LogP contribution in [-0.2, 0) is 9.53 Å². The fourth-order valence-electron chi connectivity index (χ4n) is 2.14. The minimum Gasteiger partial charge on any atom is -0.468 e. The van der Waals surface area contributed by atoms with Crippen molar-refractivity contribution in [3.63, 3.8) is 0 Å². The monoisotopic (exact) mass is 227 g/mol. The van der Waals surface area contributed by atoms with Gasteiger partial charge < -0.3 is 4.74 Å². The van der Waals surface area contributed by atoms with E-state index in [1.165, 1.54) is 20.0 Å². The zero-order valence-electron chi connectivity index (χ0n) is 11.0. The molecule has 0 heterocycles. The van der Waals surface area contributed by atoms with Crippen LogP contribution in [0.5, 0.6) is 0 Å². The van der Waals surface area contributed by atoms with Crippen molar-refractivity contribution in [1.29, 1.82) is 0 Å². The van der Waals surface area contributed by atoms with Gasteiger partial charge in [-0.15, -0.1) is 0 Å². The second-order valence-electron chi connectivity index (χ2n) is 5.06. The van der Waals surface area contributed by atoms with Gasteiger partial charge in [-0.3, -0.25) is 10.1 Å². The summed E-state index contributed by atoms with van der Waals surface area (Å²) in [5, 5.41) is 3.50. The molecule has 1 saturated carbocycles. The molecule has 1 aliphatic rings. The van der Waals surface area contributed by atoms with Crippen LogP contribution < -0.4 is 5.32 Å². The fraction of sp³-hybridized carbons (Fsp3) is 0.923. The number of esters is 1. The lowest BCUT2D eigenvalue weighted by Gasteiger charge is -2.33. The Morgan fingerprint density at radius 1 is 1.50 bits per heavy atom. The highest BCUT2D eigenvalue weighted by molar-refractivity contribution is 5.80. The Labute approximate surface area is 98.9 Å². The van der Waals surface area contributed by atoms with Crippen molar-refractivity contribution < 1.29 is 9.53 Å². The maximum atomic E-state index is 12.0. The standard InChI is InChI=1S/C13H25NO2/c1-5-10(3)9-13(6-2,12(15)16-4)14-11-7-8-11/h10-11,14H,5-9H2,1-4H3. The average molecular weight is 227 g/mol. The number of rotatable bonds is 7. The van der Waals surface area contributed by atoms with Crippen LogP contribution in [0.3, 0.4) is 0 Å². The van der Waals surface area contributed by atoms with Gasteiger partial charge in [0.25, 0.3) is 0 Å². The van der Waals surface area contributed by atoms with Crippen molar-refractivity contribution in [3.8, 4) is 0 Å². The highest BCUT2D eigenvalue weighted by Crippen LogP contribution is 2.30. The number of ether oxygens (including phenoxy) is 1. The number of carbonyl (C=O) groups excluding carboxylic acids is 1. The van der Waals surface area contributed by atoms with Gasteiger partial charge >= 0.3 is 5.97 Å². The Kier molecular flexibility index (Phi) is 4.78. The van der Waals surface area contributed by atoms with Crippen molar-refractivity contribution in [1.82, 2.24) is 5.32 Å². The molecule has 1 aliphatic carbocycles. The van der Waals surface area contributed by atoms with Gasteiger partial charge in [0, 0.05) is 6.04 Å².